The topological polar surface area (TPSA) is 38.3 Å². The van der Waals surface area contributed by atoms with Crippen LogP contribution in [0.15, 0.2) is 22.7 Å². The Morgan fingerprint density at radius 1 is 1.44 bits per heavy atom. The Morgan fingerprint density at radius 2 is 2.06 bits per heavy atom. The van der Waals surface area contributed by atoms with Gasteiger partial charge in [0.1, 0.15) is 0 Å². The zero-order valence-electron chi connectivity index (χ0n) is 9.30. The summed E-state index contributed by atoms with van der Waals surface area (Å²) in [6.45, 7) is 5.53. The number of halogens is 2. The van der Waals surface area contributed by atoms with Crippen LogP contribution in [0.25, 0.3) is 0 Å². The lowest BCUT2D eigenvalue weighted by Crippen LogP contribution is -2.33. The number of hydrogen-bond donors (Lipinski definition) is 1. The molecule has 0 aliphatic carbocycles. The molecular weight excluding hydrogens is 293 g/mol. The van der Waals surface area contributed by atoms with Crippen LogP contribution in [0.3, 0.4) is 0 Å². The summed E-state index contributed by atoms with van der Waals surface area (Å²) in [4.78, 5) is 16.9. The van der Waals surface area contributed by atoms with Gasteiger partial charge in [-0.15, -0.1) is 0 Å². The lowest BCUT2D eigenvalue weighted by atomic mass is 10.2. The van der Waals surface area contributed by atoms with Crippen LogP contribution in [0, 0.1) is 0 Å². The Morgan fingerprint density at radius 3 is 2.62 bits per heavy atom. The van der Waals surface area contributed by atoms with Gasteiger partial charge in [0.15, 0.2) is 0 Å². The molecule has 0 saturated heterocycles. The van der Waals surface area contributed by atoms with Crippen LogP contribution in [-0.4, -0.2) is 11.5 Å². The molecule has 1 aromatic carbocycles. The molecule has 3 nitrogen and oxygen atoms in total. The highest BCUT2D eigenvalue weighted by molar-refractivity contribution is 9.10. The van der Waals surface area contributed by atoms with Crippen LogP contribution < -0.4 is 5.48 Å². The SMILES string of the molecule is CC(C)(C)ONC(=O)c1cccc(Br)c1Cl. The lowest BCUT2D eigenvalue weighted by molar-refractivity contribution is -0.0589. The third-order valence-electron chi connectivity index (χ3n) is 1.65. The molecule has 0 atom stereocenters. The molecule has 0 spiro atoms. The maximum Gasteiger partial charge on any atom is 0.276 e. The molecule has 5 heteroatoms. The number of amides is 1. The number of carbonyl (C=O) groups is 1. The van der Waals surface area contributed by atoms with Crippen molar-refractivity contribution in [2.24, 2.45) is 0 Å². The van der Waals surface area contributed by atoms with Gasteiger partial charge in [0.2, 0.25) is 0 Å². The second-order valence-electron chi connectivity index (χ2n) is 4.25. The molecule has 0 heterocycles. The molecule has 0 radical (unpaired) electrons. The van der Waals surface area contributed by atoms with Crippen LogP contribution in [-0.2, 0) is 4.84 Å². The third kappa shape index (κ3) is 3.77. The Hall–Kier alpha value is -0.580. The highest BCUT2D eigenvalue weighted by Gasteiger charge is 2.16. The van der Waals surface area contributed by atoms with E-state index in [4.69, 9.17) is 16.4 Å². The molecule has 1 rings (SSSR count). The molecule has 0 unspecified atom stereocenters. The van der Waals surface area contributed by atoms with E-state index in [1.54, 1.807) is 18.2 Å². The average molecular weight is 307 g/mol. The summed E-state index contributed by atoms with van der Waals surface area (Å²) in [6.07, 6.45) is 0. The standard InChI is InChI=1S/C11H13BrClNO2/c1-11(2,3)16-14-10(15)7-5-4-6-8(12)9(7)13/h4-6H,1-3H3,(H,14,15). The van der Waals surface area contributed by atoms with E-state index in [0.717, 1.165) is 0 Å². The highest BCUT2D eigenvalue weighted by atomic mass is 79.9. The fourth-order valence-corrected chi connectivity index (χ4v) is 1.51. The van der Waals surface area contributed by atoms with E-state index in [1.165, 1.54) is 0 Å². The van der Waals surface area contributed by atoms with E-state index in [0.29, 0.717) is 15.1 Å². The summed E-state index contributed by atoms with van der Waals surface area (Å²) in [5.41, 5.74) is 2.30. The minimum Gasteiger partial charge on any atom is -0.268 e. The first-order valence-electron chi connectivity index (χ1n) is 4.73. The predicted octanol–water partition coefficient (Wildman–Crippen LogP) is 3.56. The van der Waals surface area contributed by atoms with Crippen molar-refractivity contribution >= 4 is 33.4 Å². The number of carbonyl (C=O) groups excluding carboxylic acids is 1. The van der Waals surface area contributed by atoms with Crippen LogP contribution >= 0.6 is 27.5 Å². The van der Waals surface area contributed by atoms with E-state index in [-0.39, 0.29) is 5.91 Å². The zero-order chi connectivity index (χ0) is 12.3. The van der Waals surface area contributed by atoms with Gasteiger partial charge in [-0.25, -0.2) is 5.48 Å². The smallest absolute Gasteiger partial charge is 0.268 e. The van der Waals surface area contributed by atoms with E-state index >= 15 is 0 Å². The number of nitrogens with one attached hydrogen (secondary N) is 1. The van der Waals surface area contributed by atoms with Gasteiger partial charge in [0.25, 0.3) is 5.91 Å². The van der Waals surface area contributed by atoms with E-state index in [2.05, 4.69) is 21.4 Å². The largest absolute Gasteiger partial charge is 0.276 e. The molecule has 0 fully saturated rings. The molecule has 1 aromatic rings. The summed E-state index contributed by atoms with van der Waals surface area (Å²) in [5.74, 6) is -0.360. The van der Waals surface area contributed by atoms with Crippen molar-refractivity contribution in [1.29, 1.82) is 0 Å². The maximum absolute atomic E-state index is 11.7. The molecule has 88 valence electrons. The van der Waals surface area contributed by atoms with Crippen LogP contribution in [0.2, 0.25) is 5.02 Å². The Balaban J connectivity index is 2.78. The van der Waals surface area contributed by atoms with Gasteiger partial charge in [-0.05, 0) is 48.8 Å². The summed E-state index contributed by atoms with van der Waals surface area (Å²) >= 11 is 9.23. The number of rotatable bonds is 2. The molecule has 0 aliphatic heterocycles. The molecule has 0 aliphatic rings. The van der Waals surface area contributed by atoms with Crippen LogP contribution in [0.5, 0.6) is 0 Å². The summed E-state index contributed by atoms with van der Waals surface area (Å²) in [5, 5.41) is 0.373. The highest BCUT2D eigenvalue weighted by Crippen LogP contribution is 2.25. The van der Waals surface area contributed by atoms with Crippen molar-refractivity contribution in [1.82, 2.24) is 5.48 Å². The Bertz CT molecular complexity index is 401. The van der Waals surface area contributed by atoms with E-state index in [9.17, 15) is 4.79 Å². The lowest BCUT2D eigenvalue weighted by Gasteiger charge is -2.19. The molecule has 1 amide bonds. The van der Waals surface area contributed by atoms with Gasteiger partial charge < -0.3 is 0 Å². The second kappa shape index (κ2) is 5.17. The summed E-state index contributed by atoms with van der Waals surface area (Å²) in [6, 6.07) is 5.14. The summed E-state index contributed by atoms with van der Waals surface area (Å²) in [7, 11) is 0. The van der Waals surface area contributed by atoms with Crippen molar-refractivity contribution in [3.63, 3.8) is 0 Å². The van der Waals surface area contributed by atoms with Crippen molar-refractivity contribution in [3.8, 4) is 0 Å². The minimum absolute atomic E-state index is 0.360. The second-order valence-corrected chi connectivity index (χ2v) is 5.48. The molecule has 16 heavy (non-hydrogen) atoms. The first-order valence-corrected chi connectivity index (χ1v) is 5.91. The Labute approximate surface area is 108 Å². The van der Waals surface area contributed by atoms with Crippen molar-refractivity contribution in [2.75, 3.05) is 0 Å². The predicted molar refractivity (Wildman–Crippen MR) is 67.5 cm³/mol. The fraction of sp³-hybridized carbons (Fsp3) is 0.364. The number of hydrogen-bond acceptors (Lipinski definition) is 2. The van der Waals surface area contributed by atoms with Gasteiger partial charge in [-0.3, -0.25) is 9.63 Å². The molecule has 1 N–H and O–H groups in total. The fourth-order valence-electron chi connectivity index (χ4n) is 0.934. The van der Waals surface area contributed by atoms with Crippen molar-refractivity contribution in [2.45, 2.75) is 26.4 Å². The average Bonchev–Trinajstić information content (AvgIpc) is 2.17. The van der Waals surface area contributed by atoms with Crippen LogP contribution in [0.4, 0.5) is 0 Å². The monoisotopic (exact) mass is 305 g/mol. The first-order chi connectivity index (χ1) is 7.31. The molecule has 0 saturated carbocycles. The third-order valence-corrected chi connectivity index (χ3v) is 2.94. The Kier molecular flexibility index (Phi) is 4.35. The first kappa shape index (κ1) is 13.5. The quantitative estimate of drug-likeness (QED) is 0.848. The van der Waals surface area contributed by atoms with Gasteiger partial charge in [0.05, 0.1) is 16.2 Å². The normalized spacial score (nSPS) is 11.3. The minimum atomic E-state index is -0.436. The molecular formula is C11H13BrClNO2. The zero-order valence-corrected chi connectivity index (χ0v) is 11.6. The maximum atomic E-state index is 11.7. The molecule has 0 aromatic heterocycles. The van der Waals surface area contributed by atoms with E-state index < -0.39 is 5.60 Å². The van der Waals surface area contributed by atoms with Gasteiger partial charge in [0, 0.05) is 4.47 Å². The van der Waals surface area contributed by atoms with E-state index in [1.807, 2.05) is 20.8 Å². The number of hydroxylamine groups is 1. The molecule has 0 bridgehead atoms. The van der Waals surface area contributed by atoms with Crippen molar-refractivity contribution < 1.29 is 9.63 Å². The van der Waals surface area contributed by atoms with Crippen molar-refractivity contribution in [3.05, 3.63) is 33.3 Å². The van der Waals surface area contributed by atoms with Gasteiger partial charge in [-0.2, -0.15) is 0 Å². The van der Waals surface area contributed by atoms with Gasteiger partial charge in [-0.1, -0.05) is 17.7 Å². The summed E-state index contributed by atoms with van der Waals surface area (Å²) < 4.78 is 0.678. The number of benzene rings is 1. The van der Waals surface area contributed by atoms with Crippen LogP contribution in [0.1, 0.15) is 31.1 Å². The van der Waals surface area contributed by atoms with Gasteiger partial charge >= 0.3 is 0 Å².